The lowest BCUT2D eigenvalue weighted by molar-refractivity contribution is -0.135. The van der Waals surface area contributed by atoms with Gasteiger partial charge in [-0.2, -0.15) is 0 Å². The molecule has 1 aliphatic rings. The van der Waals surface area contributed by atoms with Crippen LogP contribution in [0.1, 0.15) is 19.8 Å². The Kier molecular flexibility index (Phi) is 4.34. The Morgan fingerprint density at radius 1 is 1.33 bits per heavy atom. The summed E-state index contributed by atoms with van der Waals surface area (Å²) in [5.74, 6) is -1.05. The smallest absolute Gasteiger partial charge is 0.241 e. The van der Waals surface area contributed by atoms with Gasteiger partial charge in [0.1, 0.15) is 11.1 Å². The van der Waals surface area contributed by atoms with Crippen LogP contribution >= 0.6 is 0 Å². The molecule has 1 atom stereocenters. The van der Waals surface area contributed by atoms with Crippen molar-refractivity contribution >= 4 is 15.7 Å². The molecule has 1 aromatic carbocycles. The minimum Gasteiger partial charge on any atom is -0.393 e. The Morgan fingerprint density at radius 3 is 2.33 bits per heavy atom. The zero-order valence-corrected chi connectivity index (χ0v) is 12.7. The van der Waals surface area contributed by atoms with E-state index >= 15 is 0 Å². The van der Waals surface area contributed by atoms with Crippen LogP contribution in [0.4, 0.5) is 4.39 Å². The topological polar surface area (TPSA) is 74.7 Å². The molecule has 1 aliphatic carbocycles. The highest BCUT2D eigenvalue weighted by molar-refractivity contribution is 7.92. The van der Waals surface area contributed by atoms with Gasteiger partial charge in [0.2, 0.25) is 5.91 Å². The summed E-state index contributed by atoms with van der Waals surface area (Å²) in [5.41, 5.74) is 0. The van der Waals surface area contributed by atoms with Crippen molar-refractivity contribution in [1.29, 1.82) is 0 Å². The number of carbonyl (C=O) groups is 1. The van der Waals surface area contributed by atoms with Gasteiger partial charge in [-0.05, 0) is 44.0 Å². The van der Waals surface area contributed by atoms with E-state index in [1.54, 1.807) is 0 Å². The fourth-order valence-electron chi connectivity index (χ4n) is 2.30. The molecule has 0 saturated heterocycles. The summed E-state index contributed by atoms with van der Waals surface area (Å²) < 4.78 is 37.6. The van der Waals surface area contributed by atoms with Crippen LogP contribution in [0.5, 0.6) is 0 Å². The highest BCUT2D eigenvalue weighted by Gasteiger charge is 2.38. The van der Waals surface area contributed by atoms with Crippen LogP contribution < -0.4 is 0 Å². The van der Waals surface area contributed by atoms with E-state index in [2.05, 4.69) is 0 Å². The van der Waals surface area contributed by atoms with E-state index in [4.69, 9.17) is 0 Å². The van der Waals surface area contributed by atoms with Crippen molar-refractivity contribution in [2.24, 2.45) is 0 Å². The maximum absolute atomic E-state index is 12.9. The number of aliphatic hydroxyl groups is 1. The average Bonchev–Trinajstić information content (AvgIpc) is 2.42. The molecular formula is C14H18FNO4S. The molecular weight excluding hydrogens is 297 g/mol. The van der Waals surface area contributed by atoms with Gasteiger partial charge in [0.15, 0.2) is 9.84 Å². The molecule has 1 fully saturated rings. The summed E-state index contributed by atoms with van der Waals surface area (Å²) in [4.78, 5) is 13.6. The average molecular weight is 315 g/mol. The van der Waals surface area contributed by atoms with Gasteiger partial charge in [-0.25, -0.2) is 12.8 Å². The number of nitrogens with zero attached hydrogens (tertiary/aromatic N) is 1. The fourth-order valence-corrected chi connectivity index (χ4v) is 3.66. The summed E-state index contributed by atoms with van der Waals surface area (Å²) in [5, 5.41) is 8.02. The first-order chi connectivity index (χ1) is 9.73. The number of hydrogen-bond donors (Lipinski definition) is 1. The number of sulfone groups is 1. The maximum atomic E-state index is 12.9. The molecule has 1 N–H and O–H groups in total. The number of amides is 1. The SMILES string of the molecule is CC(C(=O)N(C)C1CC(O)C1)S(=O)(=O)c1ccc(F)cc1. The van der Waals surface area contributed by atoms with Gasteiger partial charge in [0, 0.05) is 13.1 Å². The molecule has 5 nitrogen and oxygen atoms in total. The Labute approximate surface area is 123 Å². The molecule has 21 heavy (non-hydrogen) atoms. The van der Waals surface area contributed by atoms with Gasteiger partial charge in [-0.3, -0.25) is 4.79 Å². The Morgan fingerprint density at radius 2 is 1.86 bits per heavy atom. The van der Waals surface area contributed by atoms with Crippen LogP contribution in [0.3, 0.4) is 0 Å². The van der Waals surface area contributed by atoms with Crippen LogP contribution in [-0.2, 0) is 14.6 Å². The van der Waals surface area contributed by atoms with E-state index in [-0.39, 0.29) is 10.9 Å². The number of aliphatic hydroxyl groups excluding tert-OH is 1. The van der Waals surface area contributed by atoms with Gasteiger partial charge in [0.05, 0.1) is 11.0 Å². The Hall–Kier alpha value is -1.47. The van der Waals surface area contributed by atoms with Crippen LogP contribution in [0, 0.1) is 5.82 Å². The fraction of sp³-hybridized carbons (Fsp3) is 0.500. The molecule has 116 valence electrons. The lowest BCUT2D eigenvalue weighted by atomic mass is 9.88. The number of halogens is 1. The van der Waals surface area contributed by atoms with E-state index in [0.29, 0.717) is 12.8 Å². The lowest BCUT2D eigenvalue weighted by Crippen LogP contribution is -2.51. The van der Waals surface area contributed by atoms with Crippen molar-refractivity contribution in [3.8, 4) is 0 Å². The summed E-state index contributed by atoms with van der Waals surface area (Å²) in [7, 11) is -2.31. The third-order valence-electron chi connectivity index (χ3n) is 3.94. The number of rotatable bonds is 4. The molecule has 0 bridgehead atoms. The summed E-state index contributed by atoms with van der Waals surface area (Å²) >= 11 is 0. The summed E-state index contributed by atoms with van der Waals surface area (Å²) in [6.45, 7) is 1.33. The number of hydrogen-bond acceptors (Lipinski definition) is 4. The maximum Gasteiger partial charge on any atom is 0.241 e. The highest BCUT2D eigenvalue weighted by atomic mass is 32.2. The molecule has 2 rings (SSSR count). The van der Waals surface area contributed by atoms with Gasteiger partial charge in [-0.15, -0.1) is 0 Å². The predicted octanol–water partition coefficient (Wildman–Crippen LogP) is 0.970. The molecule has 0 spiro atoms. The van der Waals surface area contributed by atoms with Crippen molar-refractivity contribution < 1.29 is 22.7 Å². The number of benzene rings is 1. The first-order valence-corrected chi connectivity index (χ1v) is 8.22. The van der Waals surface area contributed by atoms with Crippen molar-refractivity contribution in [3.63, 3.8) is 0 Å². The summed E-state index contributed by atoms with van der Waals surface area (Å²) in [6, 6.07) is 4.29. The standard InChI is InChI=1S/C14H18FNO4S/c1-9(14(18)16(2)11-7-12(17)8-11)21(19,20)13-5-3-10(15)4-6-13/h3-6,9,11-12,17H,7-8H2,1-2H3. The Balaban J connectivity index is 2.15. The second-order valence-electron chi connectivity index (χ2n) is 5.37. The monoisotopic (exact) mass is 315 g/mol. The van der Waals surface area contributed by atoms with Crippen molar-refractivity contribution in [3.05, 3.63) is 30.1 Å². The molecule has 1 unspecified atom stereocenters. The molecule has 0 aromatic heterocycles. The first kappa shape index (κ1) is 15.9. The van der Waals surface area contributed by atoms with Gasteiger partial charge in [-0.1, -0.05) is 0 Å². The zero-order chi connectivity index (χ0) is 15.8. The van der Waals surface area contributed by atoms with E-state index in [1.807, 2.05) is 0 Å². The molecule has 0 aliphatic heterocycles. The number of carbonyl (C=O) groups excluding carboxylic acids is 1. The highest BCUT2D eigenvalue weighted by Crippen LogP contribution is 2.26. The summed E-state index contributed by atoms with van der Waals surface area (Å²) in [6.07, 6.45) is 0.506. The zero-order valence-electron chi connectivity index (χ0n) is 11.9. The second-order valence-corrected chi connectivity index (χ2v) is 7.64. The third-order valence-corrected chi connectivity index (χ3v) is 6.00. The van der Waals surface area contributed by atoms with Crippen LogP contribution in [0.15, 0.2) is 29.2 Å². The van der Waals surface area contributed by atoms with Crippen LogP contribution in [0.2, 0.25) is 0 Å². The molecule has 1 amide bonds. The Bertz CT molecular complexity index is 623. The van der Waals surface area contributed by atoms with Crippen LogP contribution in [0.25, 0.3) is 0 Å². The molecule has 7 heteroatoms. The van der Waals surface area contributed by atoms with Gasteiger partial charge >= 0.3 is 0 Å². The third kappa shape index (κ3) is 3.08. The molecule has 1 aromatic rings. The minimum atomic E-state index is -3.85. The van der Waals surface area contributed by atoms with E-state index in [1.165, 1.54) is 18.9 Å². The molecule has 0 heterocycles. The van der Waals surface area contributed by atoms with E-state index in [9.17, 15) is 22.7 Å². The first-order valence-electron chi connectivity index (χ1n) is 6.67. The van der Waals surface area contributed by atoms with Gasteiger partial charge < -0.3 is 10.0 Å². The largest absolute Gasteiger partial charge is 0.393 e. The van der Waals surface area contributed by atoms with E-state index in [0.717, 1.165) is 24.3 Å². The van der Waals surface area contributed by atoms with Crippen molar-refractivity contribution in [1.82, 2.24) is 4.90 Å². The molecule has 0 radical (unpaired) electrons. The van der Waals surface area contributed by atoms with Crippen LogP contribution in [-0.4, -0.2) is 48.8 Å². The van der Waals surface area contributed by atoms with Gasteiger partial charge in [0.25, 0.3) is 0 Å². The minimum absolute atomic E-state index is 0.0770. The normalized spacial score (nSPS) is 23.2. The second kappa shape index (κ2) is 5.73. The predicted molar refractivity (Wildman–Crippen MR) is 74.8 cm³/mol. The van der Waals surface area contributed by atoms with E-state index < -0.39 is 32.9 Å². The van der Waals surface area contributed by atoms with Crippen molar-refractivity contribution in [2.45, 2.75) is 42.1 Å². The quantitative estimate of drug-likeness (QED) is 0.840. The van der Waals surface area contributed by atoms with Crippen molar-refractivity contribution in [2.75, 3.05) is 7.05 Å². The molecule has 1 saturated carbocycles. The lowest BCUT2D eigenvalue weighted by Gasteiger charge is -2.39.